The average Bonchev–Trinajstić information content (AvgIpc) is 2.45. The van der Waals surface area contributed by atoms with Gasteiger partial charge >= 0.3 is 12.1 Å². The van der Waals surface area contributed by atoms with Gasteiger partial charge in [-0.1, -0.05) is 19.1 Å². The quantitative estimate of drug-likeness (QED) is 0.890. The van der Waals surface area contributed by atoms with Crippen molar-refractivity contribution < 1.29 is 31.5 Å². The molecule has 0 radical (unpaired) electrons. The van der Waals surface area contributed by atoms with Crippen LogP contribution < -0.4 is 0 Å². The summed E-state index contributed by atoms with van der Waals surface area (Å²) in [6.07, 6.45) is -5.10. The van der Waals surface area contributed by atoms with Crippen LogP contribution in [-0.2, 0) is 21.2 Å². The molecule has 1 aromatic carbocycles. The maximum Gasteiger partial charge on any atom is 0.393 e. The van der Waals surface area contributed by atoms with Crippen LogP contribution in [0.25, 0.3) is 0 Å². The molecule has 0 amide bonds. The van der Waals surface area contributed by atoms with Gasteiger partial charge in [-0.15, -0.1) is 0 Å². The number of hydrogen-bond donors (Lipinski definition) is 1. The molecular formula is C15H18F3NO4S. The van der Waals surface area contributed by atoms with E-state index in [0.29, 0.717) is 6.42 Å². The fraction of sp³-hybridized carbons (Fsp3) is 0.533. The first-order valence-corrected chi connectivity index (χ1v) is 8.81. The van der Waals surface area contributed by atoms with Crippen LogP contribution in [0, 0.1) is 11.8 Å². The van der Waals surface area contributed by atoms with Crippen molar-refractivity contribution in [1.29, 1.82) is 0 Å². The number of halogens is 3. The predicted octanol–water partition coefficient (Wildman–Crippen LogP) is 2.52. The normalized spacial score (nSPS) is 23.2. The van der Waals surface area contributed by atoms with Gasteiger partial charge in [0.15, 0.2) is 0 Å². The van der Waals surface area contributed by atoms with Crippen LogP contribution in [-0.4, -0.2) is 43.1 Å². The van der Waals surface area contributed by atoms with Gasteiger partial charge in [0.25, 0.3) is 0 Å². The van der Waals surface area contributed by atoms with E-state index < -0.39 is 34.5 Å². The number of rotatable bonds is 4. The first-order valence-electron chi connectivity index (χ1n) is 7.37. The topological polar surface area (TPSA) is 74.7 Å². The lowest BCUT2D eigenvalue weighted by atomic mass is 9.92. The molecule has 2 rings (SSSR count). The molecule has 1 N–H and O–H groups in total. The third-order valence-electron chi connectivity index (χ3n) is 3.94. The Kier molecular flexibility index (Phi) is 5.24. The second-order valence-corrected chi connectivity index (χ2v) is 8.07. The number of piperidine rings is 1. The smallest absolute Gasteiger partial charge is 0.393 e. The maximum absolute atomic E-state index is 12.6. The summed E-state index contributed by atoms with van der Waals surface area (Å²) in [6.45, 7) is 1.83. The van der Waals surface area contributed by atoms with Gasteiger partial charge in [0.1, 0.15) is 0 Å². The van der Waals surface area contributed by atoms with Crippen LogP contribution in [0.5, 0.6) is 0 Å². The largest absolute Gasteiger partial charge is 0.481 e. The fourth-order valence-electron chi connectivity index (χ4n) is 2.84. The number of nitrogens with zero attached hydrogens (tertiary/aromatic N) is 1. The monoisotopic (exact) mass is 365 g/mol. The predicted molar refractivity (Wildman–Crippen MR) is 79.9 cm³/mol. The molecule has 9 heteroatoms. The number of sulfonamides is 1. The number of benzene rings is 1. The van der Waals surface area contributed by atoms with Crippen molar-refractivity contribution in [3.63, 3.8) is 0 Å². The Bertz CT molecular complexity index is 700. The summed E-state index contributed by atoms with van der Waals surface area (Å²) in [6, 6.07) is 4.52. The minimum Gasteiger partial charge on any atom is -0.481 e. The molecule has 1 heterocycles. The molecule has 1 fully saturated rings. The van der Waals surface area contributed by atoms with E-state index in [1.54, 1.807) is 6.92 Å². The molecule has 0 saturated carbocycles. The van der Waals surface area contributed by atoms with Crippen molar-refractivity contribution in [3.05, 3.63) is 29.8 Å². The summed E-state index contributed by atoms with van der Waals surface area (Å²) < 4.78 is 63.4. The third-order valence-corrected chi connectivity index (χ3v) is 5.79. The highest BCUT2D eigenvalue weighted by atomic mass is 32.2. The van der Waals surface area contributed by atoms with Crippen LogP contribution in [0.15, 0.2) is 29.2 Å². The van der Waals surface area contributed by atoms with Gasteiger partial charge in [-0.05, 0) is 30.0 Å². The molecule has 1 aromatic rings. The van der Waals surface area contributed by atoms with E-state index in [9.17, 15) is 26.4 Å². The Hall–Kier alpha value is -1.61. The number of carboxylic acids is 1. The van der Waals surface area contributed by atoms with E-state index in [4.69, 9.17) is 5.11 Å². The molecule has 24 heavy (non-hydrogen) atoms. The first-order chi connectivity index (χ1) is 11.0. The maximum atomic E-state index is 12.6. The van der Waals surface area contributed by atoms with Crippen molar-refractivity contribution in [2.24, 2.45) is 11.8 Å². The molecule has 2 unspecified atom stereocenters. The number of alkyl halides is 3. The van der Waals surface area contributed by atoms with E-state index in [-0.39, 0.29) is 29.5 Å². The lowest BCUT2D eigenvalue weighted by molar-refractivity contribution is -0.143. The molecule has 0 aromatic heterocycles. The van der Waals surface area contributed by atoms with Crippen molar-refractivity contribution in [1.82, 2.24) is 4.31 Å². The molecule has 134 valence electrons. The van der Waals surface area contributed by atoms with Crippen LogP contribution in [0.2, 0.25) is 0 Å². The minimum atomic E-state index is -4.36. The zero-order chi connectivity index (χ0) is 18.1. The first kappa shape index (κ1) is 18.7. The second kappa shape index (κ2) is 6.72. The van der Waals surface area contributed by atoms with Crippen molar-refractivity contribution in [2.45, 2.75) is 30.8 Å². The van der Waals surface area contributed by atoms with Gasteiger partial charge in [-0.25, -0.2) is 8.42 Å². The summed E-state index contributed by atoms with van der Waals surface area (Å²) in [5.74, 6) is -1.95. The fourth-order valence-corrected chi connectivity index (χ4v) is 4.44. The van der Waals surface area contributed by atoms with Gasteiger partial charge in [0.2, 0.25) is 10.0 Å². The summed E-state index contributed by atoms with van der Waals surface area (Å²) in [5, 5.41) is 9.13. The third kappa shape index (κ3) is 4.47. The van der Waals surface area contributed by atoms with E-state index in [2.05, 4.69) is 0 Å². The highest BCUT2D eigenvalue weighted by Gasteiger charge is 2.36. The molecule has 1 aliphatic rings. The summed E-state index contributed by atoms with van der Waals surface area (Å²) in [7, 11) is -3.93. The second-order valence-electron chi connectivity index (χ2n) is 6.13. The molecule has 0 aliphatic carbocycles. The van der Waals surface area contributed by atoms with Gasteiger partial charge in [-0.3, -0.25) is 4.79 Å². The van der Waals surface area contributed by atoms with Crippen LogP contribution in [0.1, 0.15) is 18.9 Å². The zero-order valence-corrected chi connectivity index (χ0v) is 13.8. The molecule has 1 saturated heterocycles. The van der Waals surface area contributed by atoms with E-state index in [1.807, 2.05) is 0 Å². The zero-order valence-electron chi connectivity index (χ0n) is 13.0. The number of aliphatic carboxylic acids is 1. The average molecular weight is 365 g/mol. The summed E-state index contributed by atoms with van der Waals surface area (Å²) in [4.78, 5) is 11.0. The Balaban J connectivity index is 2.21. The molecular weight excluding hydrogens is 347 g/mol. The lowest BCUT2D eigenvalue weighted by Crippen LogP contribution is -2.45. The Morgan fingerprint density at radius 3 is 2.33 bits per heavy atom. The molecule has 0 spiro atoms. The highest BCUT2D eigenvalue weighted by Crippen LogP contribution is 2.28. The van der Waals surface area contributed by atoms with Gasteiger partial charge in [0.05, 0.1) is 17.2 Å². The number of carboxylic acid groups (broad SMARTS) is 1. The highest BCUT2D eigenvalue weighted by molar-refractivity contribution is 7.89. The van der Waals surface area contributed by atoms with E-state index in [1.165, 1.54) is 0 Å². The van der Waals surface area contributed by atoms with Crippen molar-refractivity contribution in [2.75, 3.05) is 13.1 Å². The van der Waals surface area contributed by atoms with Crippen molar-refractivity contribution in [3.8, 4) is 0 Å². The lowest BCUT2D eigenvalue weighted by Gasteiger charge is -2.33. The SMILES string of the molecule is CC1CC(C(=O)O)CN(S(=O)(=O)c2ccc(CC(F)(F)F)cc2)C1. The van der Waals surface area contributed by atoms with Crippen molar-refractivity contribution >= 4 is 16.0 Å². The van der Waals surface area contributed by atoms with Gasteiger partial charge in [-0.2, -0.15) is 17.5 Å². The number of hydrogen-bond acceptors (Lipinski definition) is 3. The minimum absolute atomic E-state index is 0.0307. The molecule has 0 bridgehead atoms. The Labute approximate surface area is 138 Å². The van der Waals surface area contributed by atoms with E-state index in [0.717, 1.165) is 28.6 Å². The Morgan fingerprint density at radius 2 is 1.83 bits per heavy atom. The standard InChI is InChI=1S/C15H18F3NO4S/c1-10-6-12(14(20)21)9-19(8-10)24(22,23)13-4-2-11(3-5-13)7-15(16,17)18/h2-5,10,12H,6-9H2,1H3,(H,20,21). The molecule has 2 atom stereocenters. The Morgan fingerprint density at radius 1 is 1.25 bits per heavy atom. The van der Waals surface area contributed by atoms with Gasteiger partial charge in [0, 0.05) is 13.1 Å². The molecule has 5 nitrogen and oxygen atoms in total. The van der Waals surface area contributed by atoms with Crippen LogP contribution in [0.4, 0.5) is 13.2 Å². The summed E-state index contributed by atoms with van der Waals surface area (Å²) in [5.41, 5.74) is -0.0307. The van der Waals surface area contributed by atoms with E-state index >= 15 is 0 Å². The molecule has 1 aliphatic heterocycles. The van der Waals surface area contributed by atoms with Crippen LogP contribution in [0.3, 0.4) is 0 Å². The number of carbonyl (C=O) groups is 1. The van der Waals surface area contributed by atoms with Crippen LogP contribution >= 0.6 is 0 Å². The van der Waals surface area contributed by atoms with Gasteiger partial charge < -0.3 is 5.11 Å². The summed E-state index contributed by atoms with van der Waals surface area (Å²) >= 11 is 0.